The van der Waals surface area contributed by atoms with Gasteiger partial charge in [0.05, 0.1) is 5.69 Å². The molecular formula is C12H17F3N2O. The zero-order valence-corrected chi connectivity index (χ0v) is 10.5. The van der Waals surface area contributed by atoms with Crippen LogP contribution in [0.15, 0.2) is 4.42 Å². The summed E-state index contributed by atoms with van der Waals surface area (Å²) in [5, 5.41) is 3.18. The summed E-state index contributed by atoms with van der Waals surface area (Å²) in [6, 6.07) is 0. The second-order valence-electron chi connectivity index (χ2n) is 5.04. The quantitative estimate of drug-likeness (QED) is 0.910. The molecule has 0 radical (unpaired) electrons. The molecule has 0 bridgehead atoms. The van der Waals surface area contributed by atoms with Gasteiger partial charge in [0.1, 0.15) is 0 Å². The van der Waals surface area contributed by atoms with E-state index in [-0.39, 0.29) is 17.5 Å². The molecule has 3 nitrogen and oxygen atoms in total. The second kappa shape index (κ2) is 4.91. The Hall–Kier alpha value is -1.04. The van der Waals surface area contributed by atoms with Crippen molar-refractivity contribution in [2.45, 2.75) is 38.8 Å². The smallest absolute Gasteiger partial charge is 0.436 e. The molecule has 1 unspecified atom stereocenters. The van der Waals surface area contributed by atoms with Crippen LogP contribution < -0.4 is 5.32 Å². The van der Waals surface area contributed by atoms with Gasteiger partial charge in [0.15, 0.2) is 5.89 Å². The monoisotopic (exact) mass is 262 g/mol. The Balaban J connectivity index is 2.21. The van der Waals surface area contributed by atoms with Gasteiger partial charge in [0, 0.05) is 6.42 Å². The second-order valence-corrected chi connectivity index (χ2v) is 5.04. The van der Waals surface area contributed by atoms with Gasteiger partial charge in [-0.2, -0.15) is 13.2 Å². The topological polar surface area (TPSA) is 38.1 Å². The Morgan fingerprint density at radius 1 is 1.44 bits per heavy atom. The molecule has 0 aliphatic carbocycles. The summed E-state index contributed by atoms with van der Waals surface area (Å²) in [5.41, 5.74) is 0.0171. The number of oxazole rings is 1. The Kier molecular flexibility index (Phi) is 3.66. The van der Waals surface area contributed by atoms with Crippen molar-refractivity contribution in [2.24, 2.45) is 5.92 Å². The minimum Gasteiger partial charge on any atom is -0.436 e. The van der Waals surface area contributed by atoms with Gasteiger partial charge in [0.2, 0.25) is 5.76 Å². The number of hydrogen-bond donors (Lipinski definition) is 1. The van der Waals surface area contributed by atoms with E-state index >= 15 is 0 Å². The number of nitrogens with one attached hydrogen (secondary N) is 1. The van der Waals surface area contributed by atoms with E-state index in [1.54, 1.807) is 13.8 Å². The minimum absolute atomic E-state index is 0.0171. The van der Waals surface area contributed by atoms with Crippen molar-refractivity contribution in [3.63, 3.8) is 0 Å². The van der Waals surface area contributed by atoms with Crippen molar-refractivity contribution < 1.29 is 17.6 Å². The molecule has 1 atom stereocenters. The molecule has 6 heteroatoms. The standard InChI is InChI=1S/C12H17F3N2O/c1-7(2)10-11(12(13,14)15)18-9(17-10)5-8-3-4-16-6-8/h7-8,16H,3-6H2,1-2H3. The zero-order chi connectivity index (χ0) is 13.3. The highest BCUT2D eigenvalue weighted by atomic mass is 19.4. The third-order valence-electron chi connectivity index (χ3n) is 3.13. The Labute approximate surface area is 104 Å². The van der Waals surface area contributed by atoms with Gasteiger partial charge in [-0.15, -0.1) is 0 Å². The average Bonchev–Trinajstić information content (AvgIpc) is 2.85. The molecule has 2 heterocycles. The number of hydrogen-bond acceptors (Lipinski definition) is 3. The molecule has 0 saturated carbocycles. The molecule has 1 N–H and O–H groups in total. The first-order chi connectivity index (χ1) is 8.38. The fraction of sp³-hybridized carbons (Fsp3) is 0.750. The van der Waals surface area contributed by atoms with Crippen LogP contribution in [0.25, 0.3) is 0 Å². The molecular weight excluding hydrogens is 245 g/mol. The average molecular weight is 262 g/mol. The largest absolute Gasteiger partial charge is 0.451 e. The number of alkyl halides is 3. The van der Waals surface area contributed by atoms with E-state index in [1.165, 1.54) is 0 Å². The minimum atomic E-state index is -4.46. The van der Waals surface area contributed by atoms with E-state index in [4.69, 9.17) is 4.42 Å². The lowest BCUT2D eigenvalue weighted by Gasteiger charge is -2.06. The first-order valence-electron chi connectivity index (χ1n) is 6.15. The Bertz CT molecular complexity index is 406. The van der Waals surface area contributed by atoms with Gasteiger partial charge in [-0.1, -0.05) is 13.8 Å². The third-order valence-corrected chi connectivity index (χ3v) is 3.13. The van der Waals surface area contributed by atoms with Gasteiger partial charge >= 0.3 is 6.18 Å². The summed E-state index contributed by atoms with van der Waals surface area (Å²) in [7, 11) is 0. The molecule has 18 heavy (non-hydrogen) atoms. The van der Waals surface area contributed by atoms with Gasteiger partial charge < -0.3 is 9.73 Å². The first-order valence-corrected chi connectivity index (χ1v) is 6.15. The molecule has 1 aliphatic rings. The van der Waals surface area contributed by atoms with Crippen LogP contribution in [-0.2, 0) is 12.6 Å². The zero-order valence-electron chi connectivity index (χ0n) is 10.5. The molecule has 1 aromatic heterocycles. The van der Waals surface area contributed by atoms with Crippen LogP contribution >= 0.6 is 0 Å². The van der Waals surface area contributed by atoms with Crippen LogP contribution in [-0.4, -0.2) is 18.1 Å². The number of aromatic nitrogens is 1. The molecule has 0 amide bonds. The van der Waals surface area contributed by atoms with Gasteiger partial charge in [-0.3, -0.25) is 0 Å². The van der Waals surface area contributed by atoms with Crippen molar-refractivity contribution in [1.82, 2.24) is 10.3 Å². The Morgan fingerprint density at radius 3 is 2.61 bits per heavy atom. The molecule has 1 fully saturated rings. The van der Waals surface area contributed by atoms with E-state index < -0.39 is 11.9 Å². The molecule has 1 saturated heterocycles. The maximum absolute atomic E-state index is 12.8. The van der Waals surface area contributed by atoms with Crippen molar-refractivity contribution in [3.05, 3.63) is 17.3 Å². The molecule has 102 valence electrons. The lowest BCUT2D eigenvalue weighted by Crippen LogP contribution is -2.10. The summed E-state index contributed by atoms with van der Waals surface area (Å²) < 4.78 is 43.3. The fourth-order valence-electron chi connectivity index (χ4n) is 2.20. The predicted molar refractivity (Wildman–Crippen MR) is 60.3 cm³/mol. The highest BCUT2D eigenvalue weighted by Crippen LogP contribution is 2.36. The summed E-state index contributed by atoms with van der Waals surface area (Å²) in [5.74, 6) is -0.691. The normalized spacial score (nSPS) is 20.9. The maximum Gasteiger partial charge on any atom is 0.451 e. The predicted octanol–water partition coefficient (Wildman–Crippen LogP) is 2.97. The summed E-state index contributed by atoms with van der Waals surface area (Å²) in [6.07, 6.45) is -3.03. The van der Waals surface area contributed by atoms with Crippen LogP contribution in [0.4, 0.5) is 13.2 Å². The van der Waals surface area contributed by atoms with Gasteiger partial charge in [0.25, 0.3) is 0 Å². The lowest BCUT2D eigenvalue weighted by molar-refractivity contribution is -0.154. The van der Waals surface area contributed by atoms with E-state index in [0.29, 0.717) is 12.3 Å². The van der Waals surface area contributed by atoms with Gasteiger partial charge in [-0.25, -0.2) is 4.98 Å². The van der Waals surface area contributed by atoms with Crippen molar-refractivity contribution in [1.29, 1.82) is 0 Å². The summed E-state index contributed by atoms with van der Waals surface area (Å²) >= 11 is 0. The van der Waals surface area contributed by atoms with Crippen molar-refractivity contribution in [2.75, 3.05) is 13.1 Å². The fourth-order valence-corrected chi connectivity index (χ4v) is 2.20. The van der Waals surface area contributed by atoms with E-state index in [1.807, 2.05) is 0 Å². The molecule has 0 aromatic carbocycles. The molecule has 1 aromatic rings. The molecule has 2 rings (SSSR count). The van der Waals surface area contributed by atoms with Crippen LogP contribution in [0.2, 0.25) is 0 Å². The molecule has 0 spiro atoms. The third kappa shape index (κ3) is 2.85. The van der Waals surface area contributed by atoms with Crippen LogP contribution in [0.1, 0.15) is 43.5 Å². The lowest BCUT2D eigenvalue weighted by atomic mass is 10.1. The van der Waals surface area contributed by atoms with E-state index in [2.05, 4.69) is 10.3 Å². The highest BCUT2D eigenvalue weighted by Gasteiger charge is 2.40. The summed E-state index contributed by atoms with van der Waals surface area (Å²) in [4.78, 5) is 4.03. The Morgan fingerprint density at radius 2 is 2.17 bits per heavy atom. The highest BCUT2D eigenvalue weighted by molar-refractivity contribution is 5.17. The van der Waals surface area contributed by atoms with E-state index in [9.17, 15) is 13.2 Å². The number of rotatable bonds is 3. The molecule has 1 aliphatic heterocycles. The maximum atomic E-state index is 12.8. The van der Waals surface area contributed by atoms with Crippen LogP contribution in [0.5, 0.6) is 0 Å². The van der Waals surface area contributed by atoms with E-state index in [0.717, 1.165) is 19.5 Å². The van der Waals surface area contributed by atoms with Gasteiger partial charge in [-0.05, 0) is 31.3 Å². The van der Waals surface area contributed by atoms with Crippen LogP contribution in [0.3, 0.4) is 0 Å². The summed E-state index contributed by atoms with van der Waals surface area (Å²) in [6.45, 7) is 5.11. The number of nitrogens with zero attached hydrogens (tertiary/aromatic N) is 1. The first kappa shape index (κ1) is 13.4. The van der Waals surface area contributed by atoms with Crippen molar-refractivity contribution >= 4 is 0 Å². The number of halogens is 3. The SMILES string of the molecule is CC(C)c1nc(CC2CCNC2)oc1C(F)(F)F. The van der Waals surface area contributed by atoms with Crippen LogP contribution in [0, 0.1) is 5.92 Å². The van der Waals surface area contributed by atoms with Crippen molar-refractivity contribution in [3.8, 4) is 0 Å².